The quantitative estimate of drug-likeness (QED) is 0.592. The summed E-state index contributed by atoms with van der Waals surface area (Å²) in [5, 5.41) is 3.55. The largest absolute Gasteiger partial charge is 0.451 e. The van der Waals surface area contributed by atoms with Crippen LogP contribution in [0.5, 0.6) is 0 Å². The number of carbonyl (C=O) groups is 1. The molecule has 0 saturated heterocycles. The van der Waals surface area contributed by atoms with Gasteiger partial charge in [0.25, 0.3) is 5.91 Å². The molecule has 0 unspecified atom stereocenters. The average molecular weight is 371 g/mol. The highest BCUT2D eigenvalue weighted by Crippen LogP contribution is 2.23. The number of benzene rings is 1. The number of thiophene rings is 1. The van der Waals surface area contributed by atoms with E-state index in [4.69, 9.17) is 16.0 Å². The number of nitrogens with zero attached hydrogens (tertiary/aromatic N) is 1. The van der Waals surface area contributed by atoms with Gasteiger partial charge in [-0.2, -0.15) is 0 Å². The van der Waals surface area contributed by atoms with E-state index in [0.29, 0.717) is 22.5 Å². The predicted octanol–water partition coefficient (Wildman–Crippen LogP) is 3.99. The number of fused-ring (bicyclic) bond motifs is 2. The minimum Gasteiger partial charge on any atom is -0.451 e. The molecule has 3 heterocycles. The molecule has 124 valence electrons. The van der Waals surface area contributed by atoms with E-state index >= 15 is 0 Å². The van der Waals surface area contributed by atoms with Crippen molar-refractivity contribution in [1.29, 1.82) is 0 Å². The van der Waals surface area contributed by atoms with E-state index in [1.54, 1.807) is 29.7 Å². The van der Waals surface area contributed by atoms with Crippen molar-refractivity contribution >= 4 is 50.0 Å². The summed E-state index contributed by atoms with van der Waals surface area (Å²) < 4.78 is 6.58. The maximum absolute atomic E-state index is 12.3. The van der Waals surface area contributed by atoms with Gasteiger partial charge in [0.05, 0.1) is 22.1 Å². The fraction of sp³-hybridized carbons (Fsp3) is 0.0556. The predicted molar refractivity (Wildman–Crippen MR) is 98.3 cm³/mol. The lowest BCUT2D eigenvalue weighted by Gasteiger charge is -2.04. The van der Waals surface area contributed by atoms with Crippen LogP contribution in [0.2, 0.25) is 5.02 Å². The zero-order valence-electron chi connectivity index (χ0n) is 12.8. The highest BCUT2D eigenvalue weighted by atomic mass is 35.5. The van der Waals surface area contributed by atoms with Crippen LogP contribution >= 0.6 is 22.9 Å². The first-order valence-electron chi connectivity index (χ1n) is 7.45. The summed E-state index contributed by atoms with van der Waals surface area (Å²) >= 11 is 7.44. The zero-order chi connectivity index (χ0) is 17.4. The Morgan fingerprint density at radius 2 is 2.12 bits per heavy atom. The van der Waals surface area contributed by atoms with Gasteiger partial charge in [0.1, 0.15) is 5.58 Å². The van der Waals surface area contributed by atoms with Crippen molar-refractivity contribution in [3.8, 4) is 0 Å². The fourth-order valence-corrected chi connectivity index (χ4v) is 3.63. The van der Waals surface area contributed by atoms with E-state index < -0.39 is 5.91 Å². The van der Waals surface area contributed by atoms with Gasteiger partial charge in [0.15, 0.2) is 11.2 Å². The van der Waals surface area contributed by atoms with Crippen LogP contribution in [0.3, 0.4) is 0 Å². The number of halogens is 1. The number of hydrogen-bond acceptors (Lipinski definition) is 5. The molecule has 0 aliphatic rings. The van der Waals surface area contributed by atoms with Gasteiger partial charge in [-0.3, -0.25) is 14.6 Å². The molecule has 4 aromatic rings. The van der Waals surface area contributed by atoms with Gasteiger partial charge in [-0.05, 0) is 36.4 Å². The summed E-state index contributed by atoms with van der Waals surface area (Å²) in [6.07, 6.45) is 1.73. The van der Waals surface area contributed by atoms with Gasteiger partial charge in [0.2, 0.25) is 0 Å². The number of amides is 1. The van der Waals surface area contributed by atoms with Crippen LogP contribution in [-0.4, -0.2) is 10.9 Å². The second-order valence-electron chi connectivity index (χ2n) is 5.40. The molecule has 4 rings (SSSR count). The zero-order valence-corrected chi connectivity index (χ0v) is 14.4. The Labute approximate surface area is 150 Å². The number of carbonyl (C=O) groups excluding carboxylic acids is 1. The van der Waals surface area contributed by atoms with Crippen LogP contribution in [0.25, 0.3) is 21.2 Å². The van der Waals surface area contributed by atoms with Crippen molar-refractivity contribution < 1.29 is 9.21 Å². The van der Waals surface area contributed by atoms with Gasteiger partial charge in [-0.25, -0.2) is 0 Å². The molecular weight excluding hydrogens is 360 g/mol. The molecular formula is C18H11ClN2O3S. The number of rotatable bonds is 3. The van der Waals surface area contributed by atoms with Crippen LogP contribution in [-0.2, 0) is 6.54 Å². The van der Waals surface area contributed by atoms with Crippen molar-refractivity contribution in [2.75, 3.05) is 0 Å². The summed E-state index contributed by atoms with van der Waals surface area (Å²) in [5.41, 5.74) is 0.916. The first-order valence-corrected chi connectivity index (χ1v) is 8.65. The number of pyridine rings is 1. The number of aromatic nitrogens is 1. The lowest BCUT2D eigenvalue weighted by Crippen LogP contribution is -2.23. The van der Waals surface area contributed by atoms with E-state index in [9.17, 15) is 9.59 Å². The lowest BCUT2D eigenvalue weighted by atomic mass is 10.2. The third-order valence-corrected chi connectivity index (χ3v) is 5.00. The lowest BCUT2D eigenvalue weighted by molar-refractivity contribution is 0.0924. The molecule has 0 fully saturated rings. The van der Waals surface area contributed by atoms with Crippen LogP contribution in [0.15, 0.2) is 57.9 Å². The topological polar surface area (TPSA) is 72.2 Å². The maximum Gasteiger partial charge on any atom is 0.287 e. The fourth-order valence-electron chi connectivity index (χ4n) is 2.50. The minimum absolute atomic E-state index is 0.0286. The van der Waals surface area contributed by atoms with Gasteiger partial charge in [0, 0.05) is 22.2 Å². The maximum atomic E-state index is 12.3. The van der Waals surface area contributed by atoms with Crippen LogP contribution in [0.4, 0.5) is 0 Å². The molecule has 7 heteroatoms. The van der Waals surface area contributed by atoms with E-state index in [1.807, 2.05) is 18.2 Å². The molecule has 3 aromatic heterocycles. The Morgan fingerprint density at radius 3 is 2.96 bits per heavy atom. The molecule has 0 radical (unpaired) electrons. The standard InChI is InChI=1S/C18H11ClN2O3S/c19-10-3-4-15-12(6-10)14(22)8-16(24-15)18(23)21-9-11-7-13-17(25-11)2-1-5-20-13/h1-8H,9H2,(H,21,23). The Bertz CT molecular complexity index is 1130. The van der Waals surface area contributed by atoms with Gasteiger partial charge in [-0.15, -0.1) is 11.3 Å². The third-order valence-electron chi connectivity index (χ3n) is 3.67. The molecule has 0 spiro atoms. The van der Waals surface area contributed by atoms with Crippen LogP contribution in [0.1, 0.15) is 15.4 Å². The van der Waals surface area contributed by atoms with E-state index in [1.165, 1.54) is 12.1 Å². The van der Waals surface area contributed by atoms with Crippen molar-refractivity contribution in [3.63, 3.8) is 0 Å². The Hall–Kier alpha value is -2.70. The number of hydrogen-bond donors (Lipinski definition) is 1. The molecule has 0 aliphatic carbocycles. The van der Waals surface area contributed by atoms with E-state index in [-0.39, 0.29) is 11.2 Å². The monoisotopic (exact) mass is 370 g/mol. The van der Waals surface area contributed by atoms with Crippen molar-refractivity contribution in [1.82, 2.24) is 10.3 Å². The smallest absolute Gasteiger partial charge is 0.287 e. The third kappa shape index (κ3) is 3.14. The highest BCUT2D eigenvalue weighted by Gasteiger charge is 2.13. The Balaban J connectivity index is 1.57. The van der Waals surface area contributed by atoms with Crippen molar-refractivity contribution in [2.45, 2.75) is 6.54 Å². The normalized spacial score (nSPS) is 11.1. The summed E-state index contributed by atoms with van der Waals surface area (Å²) in [7, 11) is 0. The molecule has 1 aromatic carbocycles. The highest BCUT2D eigenvalue weighted by molar-refractivity contribution is 7.19. The molecule has 0 bridgehead atoms. The summed E-state index contributed by atoms with van der Waals surface area (Å²) in [6, 6.07) is 11.7. The molecule has 1 amide bonds. The summed E-state index contributed by atoms with van der Waals surface area (Å²) in [5.74, 6) is -0.474. The van der Waals surface area contributed by atoms with Gasteiger partial charge >= 0.3 is 0 Å². The molecule has 25 heavy (non-hydrogen) atoms. The molecule has 0 aliphatic heterocycles. The molecule has 0 atom stereocenters. The Morgan fingerprint density at radius 1 is 1.24 bits per heavy atom. The first-order chi connectivity index (χ1) is 12.1. The second-order valence-corrected chi connectivity index (χ2v) is 7.00. The average Bonchev–Trinajstić information content (AvgIpc) is 3.03. The first kappa shape index (κ1) is 15.8. The second kappa shape index (κ2) is 6.31. The van der Waals surface area contributed by atoms with Crippen LogP contribution in [0, 0.1) is 0 Å². The van der Waals surface area contributed by atoms with Gasteiger partial charge in [-0.1, -0.05) is 11.6 Å². The number of nitrogens with one attached hydrogen (secondary N) is 1. The minimum atomic E-state index is -0.445. The van der Waals surface area contributed by atoms with Crippen molar-refractivity contribution in [2.24, 2.45) is 0 Å². The van der Waals surface area contributed by atoms with E-state index in [0.717, 1.165) is 15.1 Å². The summed E-state index contributed by atoms with van der Waals surface area (Å²) in [6.45, 7) is 0.336. The van der Waals surface area contributed by atoms with Crippen LogP contribution < -0.4 is 10.7 Å². The SMILES string of the molecule is O=C(NCc1cc2ncccc2s1)c1cc(=O)c2cc(Cl)ccc2o1. The Kier molecular flexibility index (Phi) is 3.99. The molecule has 1 N–H and O–H groups in total. The molecule has 5 nitrogen and oxygen atoms in total. The van der Waals surface area contributed by atoms with Gasteiger partial charge < -0.3 is 9.73 Å². The molecule has 0 saturated carbocycles. The van der Waals surface area contributed by atoms with Crippen molar-refractivity contribution in [3.05, 3.63) is 74.5 Å². The van der Waals surface area contributed by atoms with E-state index in [2.05, 4.69) is 10.3 Å². The summed E-state index contributed by atoms with van der Waals surface area (Å²) in [4.78, 5) is 29.7.